The number of hydrogen-bond acceptors (Lipinski definition) is 3. The summed E-state index contributed by atoms with van der Waals surface area (Å²) in [6, 6.07) is 0. The molecule has 1 heterocycles. The Bertz CT molecular complexity index is 465. The topological polar surface area (TPSA) is 72.2 Å². The van der Waals surface area contributed by atoms with Crippen molar-refractivity contribution in [2.24, 2.45) is 0 Å². The van der Waals surface area contributed by atoms with E-state index in [9.17, 15) is 9.59 Å². The predicted octanol–water partition coefficient (Wildman–Crippen LogP) is 0.955. The Kier molecular flexibility index (Phi) is 3.79. The molecule has 0 fully saturated rings. The molecule has 0 bridgehead atoms. The molecule has 5 nitrogen and oxygen atoms in total. The van der Waals surface area contributed by atoms with Crippen LogP contribution in [0.1, 0.15) is 5.82 Å². The van der Waals surface area contributed by atoms with Gasteiger partial charge in [0.05, 0.1) is 0 Å². The number of carbonyl (C=O) groups is 1. The Balaban J connectivity index is 2.99. The second-order valence-electron chi connectivity index (χ2n) is 2.81. The Morgan fingerprint density at radius 1 is 1.73 bits per heavy atom. The van der Waals surface area contributed by atoms with Crippen molar-refractivity contribution in [3.63, 3.8) is 0 Å². The van der Waals surface area contributed by atoms with Crippen LogP contribution in [0.5, 0.6) is 0 Å². The van der Waals surface area contributed by atoms with Gasteiger partial charge in [0.1, 0.15) is 10.3 Å². The zero-order valence-electron chi connectivity index (χ0n) is 7.98. The molecule has 0 aliphatic rings. The van der Waals surface area contributed by atoms with Gasteiger partial charge in [-0.1, -0.05) is 6.08 Å². The van der Waals surface area contributed by atoms with Crippen LogP contribution in [0.4, 0.5) is 0 Å². The van der Waals surface area contributed by atoms with Crippen molar-refractivity contribution in [1.82, 2.24) is 9.55 Å². The summed E-state index contributed by atoms with van der Waals surface area (Å²) in [6.45, 7) is 1.88. The molecule has 0 radical (unpaired) electrons. The van der Waals surface area contributed by atoms with E-state index in [-0.39, 0.29) is 12.1 Å². The third-order valence-electron chi connectivity index (χ3n) is 1.75. The van der Waals surface area contributed by atoms with Crippen molar-refractivity contribution in [1.29, 1.82) is 0 Å². The molecular formula is C9H9BrN2O3. The van der Waals surface area contributed by atoms with Crippen LogP contribution < -0.4 is 5.56 Å². The summed E-state index contributed by atoms with van der Waals surface area (Å²) in [4.78, 5) is 25.8. The minimum Gasteiger partial charge on any atom is -0.478 e. The predicted molar refractivity (Wildman–Crippen MR) is 57.7 cm³/mol. The monoisotopic (exact) mass is 272 g/mol. The summed E-state index contributed by atoms with van der Waals surface area (Å²) in [7, 11) is 0. The number of allylic oxidation sites excluding steroid dienone is 1. The highest BCUT2D eigenvalue weighted by molar-refractivity contribution is 9.10. The van der Waals surface area contributed by atoms with Crippen molar-refractivity contribution >= 4 is 21.9 Å². The molecule has 0 saturated heterocycles. The molecule has 1 aromatic rings. The van der Waals surface area contributed by atoms with Gasteiger partial charge in [0.25, 0.3) is 5.56 Å². The molecule has 0 atom stereocenters. The van der Waals surface area contributed by atoms with Crippen molar-refractivity contribution in [3.8, 4) is 0 Å². The van der Waals surface area contributed by atoms with E-state index in [4.69, 9.17) is 5.11 Å². The second kappa shape index (κ2) is 4.88. The number of nitrogens with zero attached hydrogens (tertiary/aromatic N) is 2. The lowest BCUT2D eigenvalue weighted by Gasteiger charge is -2.05. The maximum Gasteiger partial charge on any atom is 0.328 e. The highest BCUT2D eigenvalue weighted by Gasteiger charge is 2.03. The number of aliphatic carboxylic acids is 1. The molecule has 0 saturated carbocycles. The van der Waals surface area contributed by atoms with Crippen LogP contribution in [-0.2, 0) is 11.3 Å². The van der Waals surface area contributed by atoms with E-state index in [1.54, 1.807) is 6.92 Å². The summed E-state index contributed by atoms with van der Waals surface area (Å²) in [5.41, 5.74) is -0.225. The standard InChI is InChI=1S/C9H9BrN2O3/c1-6-11-5-7(10)9(15)12(6)4-2-3-8(13)14/h2-3,5H,4H2,1H3,(H,13,14)/b3-2+. The van der Waals surface area contributed by atoms with Crippen molar-refractivity contribution in [2.75, 3.05) is 0 Å². The van der Waals surface area contributed by atoms with Crippen LogP contribution in [0, 0.1) is 6.92 Å². The maximum absolute atomic E-state index is 11.6. The molecule has 1 aromatic heterocycles. The van der Waals surface area contributed by atoms with Gasteiger partial charge in [-0.05, 0) is 22.9 Å². The van der Waals surface area contributed by atoms with E-state index in [0.717, 1.165) is 6.08 Å². The van der Waals surface area contributed by atoms with Gasteiger partial charge >= 0.3 is 5.97 Å². The molecule has 0 unspecified atom stereocenters. The maximum atomic E-state index is 11.6. The third kappa shape index (κ3) is 3.02. The average Bonchev–Trinajstić information content (AvgIpc) is 2.17. The smallest absolute Gasteiger partial charge is 0.328 e. The van der Waals surface area contributed by atoms with Gasteiger partial charge in [-0.15, -0.1) is 0 Å². The highest BCUT2D eigenvalue weighted by atomic mass is 79.9. The molecule has 0 spiro atoms. The number of carboxylic acids is 1. The molecule has 80 valence electrons. The minimum atomic E-state index is -1.04. The van der Waals surface area contributed by atoms with Gasteiger partial charge < -0.3 is 5.11 Å². The molecule has 0 amide bonds. The Hall–Kier alpha value is -1.43. The van der Waals surface area contributed by atoms with Crippen molar-refractivity contribution in [3.05, 3.63) is 39.0 Å². The van der Waals surface area contributed by atoms with Crippen molar-refractivity contribution < 1.29 is 9.90 Å². The Labute approximate surface area is 94.2 Å². The van der Waals surface area contributed by atoms with E-state index >= 15 is 0 Å². The lowest BCUT2D eigenvalue weighted by atomic mass is 10.4. The number of hydrogen-bond donors (Lipinski definition) is 1. The van der Waals surface area contributed by atoms with E-state index in [1.165, 1.54) is 16.8 Å². The minimum absolute atomic E-state index is 0.198. The lowest BCUT2D eigenvalue weighted by molar-refractivity contribution is -0.131. The molecule has 0 aromatic carbocycles. The third-order valence-corrected chi connectivity index (χ3v) is 2.30. The SMILES string of the molecule is Cc1ncc(Br)c(=O)n1C/C=C/C(=O)O. The summed E-state index contributed by atoms with van der Waals surface area (Å²) < 4.78 is 1.74. The fourth-order valence-electron chi connectivity index (χ4n) is 1.02. The van der Waals surface area contributed by atoms with Crippen LogP contribution in [0.3, 0.4) is 0 Å². The molecule has 1 rings (SSSR count). The van der Waals surface area contributed by atoms with Gasteiger partial charge in [-0.2, -0.15) is 0 Å². The van der Waals surface area contributed by atoms with E-state index < -0.39 is 5.97 Å². The second-order valence-corrected chi connectivity index (χ2v) is 3.66. The molecule has 1 N–H and O–H groups in total. The van der Waals surface area contributed by atoms with E-state index in [1.807, 2.05) is 0 Å². The quantitative estimate of drug-likeness (QED) is 0.832. The first-order valence-electron chi connectivity index (χ1n) is 4.14. The van der Waals surface area contributed by atoms with Crippen molar-refractivity contribution in [2.45, 2.75) is 13.5 Å². The number of aromatic nitrogens is 2. The van der Waals surface area contributed by atoms with Crippen LogP contribution in [0.15, 0.2) is 27.6 Å². The van der Waals surface area contributed by atoms with E-state index in [2.05, 4.69) is 20.9 Å². The molecule has 0 aliphatic carbocycles. The summed E-state index contributed by atoms with van der Waals surface area (Å²) in [6.07, 6.45) is 3.81. The summed E-state index contributed by atoms with van der Waals surface area (Å²) in [5, 5.41) is 8.39. The average molecular weight is 273 g/mol. The summed E-state index contributed by atoms with van der Waals surface area (Å²) in [5.74, 6) is -0.498. The van der Waals surface area contributed by atoms with Crippen LogP contribution in [0.2, 0.25) is 0 Å². The van der Waals surface area contributed by atoms with Gasteiger partial charge in [0.2, 0.25) is 0 Å². The normalized spacial score (nSPS) is 10.8. The Morgan fingerprint density at radius 3 is 3.00 bits per heavy atom. The van der Waals surface area contributed by atoms with E-state index in [0.29, 0.717) is 10.3 Å². The van der Waals surface area contributed by atoms with Gasteiger partial charge in [0, 0.05) is 18.8 Å². The molecule has 6 heteroatoms. The number of rotatable bonds is 3. The molecular weight excluding hydrogens is 264 g/mol. The zero-order chi connectivity index (χ0) is 11.4. The van der Waals surface area contributed by atoms with Crippen LogP contribution in [0.25, 0.3) is 0 Å². The highest BCUT2D eigenvalue weighted by Crippen LogP contribution is 2.01. The zero-order valence-corrected chi connectivity index (χ0v) is 9.56. The lowest BCUT2D eigenvalue weighted by Crippen LogP contribution is -2.23. The van der Waals surface area contributed by atoms with Gasteiger partial charge in [0.15, 0.2) is 0 Å². The first kappa shape index (κ1) is 11.6. The molecule has 15 heavy (non-hydrogen) atoms. The Morgan fingerprint density at radius 2 is 2.40 bits per heavy atom. The van der Waals surface area contributed by atoms with Gasteiger partial charge in [-0.3, -0.25) is 9.36 Å². The number of halogens is 1. The first-order valence-corrected chi connectivity index (χ1v) is 4.93. The number of aryl methyl sites for hydroxylation is 1. The summed E-state index contributed by atoms with van der Waals surface area (Å²) >= 11 is 3.06. The number of carboxylic acid groups (broad SMARTS) is 1. The largest absolute Gasteiger partial charge is 0.478 e. The van der Waals surface area contributed by atoms with Crippen LogP contribution in [-0.4, -0.2) is 20.6 Å². The molecule has 0 aliphatic heterocycles. The fraction of sp³-hybridized carbons (Fsp3) is 0.222. The van der Waals surface area contributed by atoms with Gasteiger partial charge in [-0.25, -0.2) is 9.78 Å². The first-order chi connectivity index (χ1) is 7.02. The fourth-order valence-corrected chi connectivity index (χ4v) is 1.34. The van der Waals surface area contributed by atoms with Crippen LogP contribution >= 0.6 is 15.9 Å².